The van der Waals surface area contributed by atoms with E-state index in [0.29, 0.717) is 21.8 Å². The van der Waals surface area contributed by atoms with E-state index < -0.39 is 5.63 Å². The lowest BCUT2D eigenvalue weighted by Crippen LogP contribution is -2.19. The third kappa shape index (κ3) is 2.61. The lowest BCUT2D eigenvalue weighted by molar-refractivity contribution is 0.563. The molecule has 0 unspecified atom stereocenters. The van der Waals surface area contributed by atoms with Crippen LogP contribution in [-0.4, -0.2) is 28.9 Å². The molecule has 4 aromatic rings. The fourth-order valence-corrected chi connectivity index (χ4v) is 3.66. The zero-order chi connectivity index (χ0) is 18.5. The lowest BCUT2D eigenvalue weighted by atomic mass is 10.1. The summed E-state index contributed by atoms with van der Waals surface area (Å²) in [5.74, 6) is 1.26. The van der Waals surface area contributed by atoms with Crippen molar-refractivity contribution in [3.05, 3.63) is 63.0 Å². The van der Waals surface area contributed by atoms with E-state index in [1.54, 1.807) is 6.07 Å². The van der Waals surface area contributed by atoms with E-state index in [2.05, 4.69) is 20.3 Å². The molecular weight excluding hydrogens is 364 g/mol. The van der Waals surface area contributed by atoms with Gasteiger partial charge in [-0.25, -0.2) is 9.78 Å². The Morgan fingerprint density at radius 3 is 2.89 bits per heavy atom. The normalized spacial score (nSPS) is 13.9. The van der Waals surface area contributed by atoms with E-state index in [1.807, 2.05) is 37.3 Å². The molecule has 6 nitrogen and oxygen atoms in total. The summed E-state index contributed by atoms with van der Waals surface area (Å²) in [5, 5.41) is 4.28. The Morgan fingerprint density at radius 2 is 2.07 bits per heavy atom. The number of halogens is 1. The quantitative estimate of drug-likeness (QED) is 0.521. The summed E-state index contributed by atoms with van der Waals surface area (Å²) >= 11 is 6.57. The van der Waals surface area contributed by atoms with E-state index in [4.69, 9.17) is 16.0 Å². The van der Waals surface area contributed by atoms with E-state index in [1.165, 1.54) is 0 Å². The number of benzene rings is 2. The number of aromatic nitrogens is 2. The van der Waals surface area contributed by atoms with Crippen molar-refractivity contribution in [3.63, 3.8) is 0 Å². The van der Waals surface area contributed by atoms with Crippen LogP contribution in [-0.2, 0) is 0 Å². The number of nitrogens with zero attached hydrogens (tertiary/aromatic N) is 2. The minimum Gasteiger partial charge on any atom is -0.422 e. The predicted molar refractivity (Wildman–Crippen MR) is 107 cm³/mol. The summed E-state index contributed by atoms with van der Waals surface area (Å²) in [4.78, 5) is 24.7. The van der Waals surface area contributed by atoms with Gasteiger partial charge in [-0.2, -0.15) is 0 Å². The molecule has 0 saturated heterocycles. The Hall–Kier alpha value is -3.12. The number of fused-ring (bicyclic) bond motifs is 2. The van der Waals surface area contributed by atoms with Crippen LogP contribution < -0.4 is 10.9 Å². The molecule has 3 heterocycles. The Morgan fingerprint density at radius 1 is 1.19 bits per heavy atom. The SMILES string of the molecule is Cc1ccc2oc(=O)c(-c3nc4ccc(C5=NCCN5)cc4[nH]3)c(Cl)c2c1. The number of aryl methyl sites for hydroxylation is 1. The Balaban J connectivity index is 1.70. The molecule has 2 N–H and O–H groups in total. The van der Waals surface area contributed by atoms with Crippen LogP contribution in [0, 0.1) is 6.92 Å². The van der Waals surface area contributed by atoms with Gasteiger partial charge < -0.3 is 14.7 Å². The van der Waals surface area contributed by atoms with Gasteiger partial charge in [0, 0.05) is 17.5 Å². The number of imidazole rings is 1. The van der Waals surface area contributed by atoms with Gasteiger partial charge in [0.2, 0.25) is 0 Å². The summed E-state index contributed by atoms with van der Waals surface area (Å²) in [7, 11) is 0. The van der Waals surface area contributed by atoms with Gasteiger partial charge in [0.15, 0.2) is 0 Å². The van der Waals surface area contributed by atoms with Crippen LogP contribution in [0.1, 0.15) is 11.1 Å². The number of nitrogens with one attached hydrogen (secondary N) is 2. The second-order valence-corrected chi connectivity index (χ2v) is 6.93. The minimum atomic E-state index is -0.516. The molecule has 0 aliphatic carbocycles. The van der Waals surface area contributed by atoms with Crippen molar-refractivity contribution >= 4 is 39.4 Å². The lowest BCUT2D eigenvalue weighted by Gasteiger charge is -2.04. The zero-order valence-corrected chi connectivity index (χ0v) is 15.2. The topological polar surface area (TPSA) is 83.3 Å². The maximum Gasteiger partial charge on any atom is 0.348 e. The smallest absolute Gasteiger partial charge is 0.348 e. The molecule has 0 amide bonds. The Bertz CT molecular complexity index is 1300. The summed E-state index contributed by atoms with van der Waals surface area (Å²) in [5.41, 5.74) is 3.74. The molecule has 134 valence electrons. The monoisotopic (exact) mass is 378 g/mol. The second kappa shape index (κ2) is 5.96. The Labute approximate surface area is 158 Å². The maximum atomic E-state index is 12.6. The highest BCUT2D eigenvalue weighted by atomic mass is 35.5. The number of H-pyrrole nitrogens is 1. The zero-order valence-electron chi connectivity index (χ0n) is 14.5. The van der Waals surface area contributed by atoms with Gasteiger partial charge in [0.05, 0.1) is 22.6 Å². The van der Waals surface area contributed by atoms with Crippen LogP contribution in [0.25, 0.3) is 33.4 Å². The number of hydrogen-bond donors (Lipinski definition) is 2. The minimum absolute atomic E-state index is 0.240. The molecule has 27 heavy (non-hydrogen) atoms. The third-order valence-corrected chi connectivity index (χ3v) is 5.06. The molecule has 0 fully saturated rings. The molecule has 0 saturated carbocycles. The van der Waals surface area contributed by atoms with Gasteiger partial charge >= 0.3 is 5.63 Å². The molecule has 1 aliphatic rings. The van der Waals surface area contributed by atoms with Gasteiger partial charge in [0.1, 0.15) is 22.8 Å². The van der Waals surface area contributed by atoms with Gasteiger partial charge in [-0.3, -0.25) is 4.99 Å². The predicted octanol–water partition coefficient (Wildman–Crippen LogP) is 3.65. The first kappa shape index (κ1) is 16.1. The summed E-state index contributed by atoms with van der Waals surface area (Å²) in [6.45, 7) is 3.58. The second-order valence-electron chi connectivity index (χ2n) is 6.55. The number of rotatable bonds is 2. The largest absolute Gasteiger partial charge is 0.422 e. The molecule has 0 spiro atoms. The first-order chi connectivity index (χ1) is 13.1. The number of amidine groups is 1. The highest BCUT2D eigenvalue weighted by Crippen LogP contribution is 2.32. The molecular formula is C20H15ClN4O2. The van der Waals surface area contributed by atoms with Crippen molar-refractivity contribution in [2.24, 2.45) is 4.99 Å². The van der Waals surface area contributed by atoms with E-state index in [9.17, 15) is 4.79 Å². The molecule has 0 atom stereocenters. The molecule has 1 aliphatic heterocycles. The van der Waals surface area contributed by atoms with Crippen LogP contribution in [0.2, 0.25) is 5.02 Å². The standard InChI is InChI=1S/C20H15ClN4O2/c1-10-2-5-15-12(8-10)17(21)16(20(26)27-15)19-24-13-4-3-11(9-14(13)25-19)18-22-6-7-23-18/h2-5,8-9H,6-7H2,1H3,(H,22,23)(H,24,25). The molecule has 5 rings (SSSR count). The number of aliphatic imine (C=N–C) groups is 1. The van der Waals surface area contributed by atoms with Crippen LogP contribution >= 0.6 is 11.6 Å². The van der Waals surface area contributed by atoms with Crippen LogP contribution in [0.4, 0.5) is 0 Å². The molecule has 0 bridgehead atoms. The van der Waals surface area contributed by atoms with E-state index in [-0.39, 0.29) is 5.56 Å². The first-order valence-electron chi connectivity index (χ1n) is 8.62. The van der Waals surface area contributed by atoms with Crippen molar-refractivity contribution in [1.29, 1.82) is 0 Å². The van der Waals surface area contributed by atoms with E-state index >= 15 is 0 Å². The highest BCUT2D eigenvalue weighted by molar-refractivity contribution is 6.37. The van der Waals surface area contributed by atoms with Crippen molar-refractivity contribution in [2.45, 2.75) is 6.92 Å². The maximum absolute atomic E-state index is 12.6. The average Bonchev–Trinajstić information content (AvgIpc) is 3.31. The fourth-order valence-electron chi connectivity index (χ4n) is 3.35. The summed E-state index contributed by atoms with van der Waals surface area (Å²) < 4.78 is 5.45. The van der Waals surface area contributed by atoms with E-state index in [0.717, 1.165) is 41.1 Å². The van der Waals surface area contributed by atoms with Gasteiger partial charge in [-0.15, -0.1) is 0 Å². The molecule has 2 aromatic carbocycles. The number of aromatic amines is 1. The van der Waals surface area contributed by atoms with Crippen LogP contribution in [0.15, 0.2) is 50.6 Å². The fraction of sp³-hybridized carbons (Fsp3) is 0.150. The van der Waals surface area contributed by atoms with Gasteiger partial charge in [-0.05, 0) is 37.3 Å². The van der Waals surface area contributed by atoms with Gasteiger partial charge in [0.25, 0.3) is 0 Å². The molecule has 0 radical (unpaired) electrons. The third-order valence-electron chi connectivity index (χ3n) is 4.66. The van der Waals surface area contributed by atoms with Crippen molar-refractivity contribution in [2.75, 3.05) is 13.1 Å². The summed E-state index contributed by atoms with van der Waals surface area (Å²) in [6.07, 6.45) is 0. The van der Waals surface area contributed by atoms with Gasteiger partial charge in [-0.1, -0.05) is 23.2 Å². The summed E-state index contributed by atoms with van der Waals surface area (Å²) in [6, 6.07) is 11.3. The van der Waals surface area contributed by atoms with Crippen molar-refractivity contribution in [1.82, 2.24) is 15.3 Å². The van der Waals surface area contributed by atoms with Crippen molar-refractivity contribution < 1.29 is 4.42 Å². The first-order valence-corrected chi connectivity index (χ1v) is 9.00. The molecule has 7 heteroatoms. The average molecular weight is 379 g/mol. The molecule has 2 aromatic heterocycles. The highest BCUT2D eigenvalue weighted by Gasteiger charge is 2.19. The van der Waals surface area contributed by atoms with Crippen molar-refractivity contribution in [3.8, 4) is 11.4 Å². The van der Waals surface area contributed by atoms with Crippen LogP contribution in [0.5, 0.6) is 0 Å². The number of hydrogen-bond acceptors (Lipinski definition) is 5. The van der Waals surface area contributed by atoms with Crippen LogP contribution in [0.3, 0.4) is 0 Å². The Kier molecular flexibility index (Phi) is 3.55.